The zero-order valence-electron chi connectivity index (χ0n) is 11.0. The van der Waals surface area contributed by atoms with E-state index in [2.05, 4.69) is 15.6 Å². The number of thioether (sulfide) groups is 1. The predicted molar refractivity (Wildman–Crippen MR) is 76.9 cm³/mol. The van der Waals surface area contributed by atoms with E-state index in [-0.39, 0.29) is 11.8 Å². The van der Waals surface area contributed by atoms with Gasteiger partial charge in [-0.3, -0.25) is 10.2 Å². The lowest BCUT2D eigenvalue weighted by Gasteiger charge is -2.10. The smallest absolute Gasteiger partial charge is 0.241 e. The summed E-state index contributed by atoms with van der Waals surface area (Å²) < 4.78 is 1.38. The average Bonchev–Trinajstić information content (AvgIpc) is 2.89. The molecule has 1 amide bonds. The van der Waals surface area contributed by atoms with Gasteiger partial charge in [0.2, 0.25) is 11.1 Å². The van der Waals surface area contributed by atoms with Gasteiger partial charge >= 0.3 is 0 Å². The molecule has 0 bridgehead atoms. The molecule has 0 aliphatic carbocycles. The second kappa shape index (κ2) is 6.40. The van der Waals surface area contributed by atoms with E-state index in [1.807, 2.05) is 31.2 Å². The zero-order chi connectivity index (χ0) is 14.5. The molecule has 2 aromatic rings. The molecule has 1 heterocycles. The molecular weight excluding hydrogens is 276 g/mol. The standard InChI is InChI=1S/C12H16N6OS/c1-8(11(19)16-13)10-4-2-9(3-5-10)6-20-12-17-15-7-18(12)14/h2-5,7-8H,6,13-14H2,1H3,(H,16,19). The normalized spacial score (nSPS) is 12.1. The number of carbonyl (C=O) groups excluding carboxylic acids is 1. The Hall–Kier alpha value is -2.06. The summed E-state index contributed by atoms with van der Waals surface area (Å²) in [4.78, 5) is 11.4. The Bertz CT molecular complexity index is 582. The number of nitrogens with two attached hydrogens (primary N) is 2. The lowest BCUT2D eigenvalue weighted by atomic mass is 10.00. The third kappa shape index (κ3) is 3.28. The maximum atomic E-state index is 11.4. The Morgan fingerprint density at radius 3 is 2.70 bits per heavy atom. The predicted octanol–water partition coefficient (Wildman–Crippen LogP) is 0.378. The highest BCUT2D eigenvalue weighted by Gasteiger charge is 2.13. The summed E-state index contributed by atoms with van der Waals surface area (Å²) in [6.07, 6.45) is 1.46. The molecule has 1 aromatic carbocycles. The molecular formula is C12H16N6OS. The average molecular weight is 292 g/mol. The van der Waals surface area contributed by atoms with Crippen LogP contribution in [0.4, 0.5) is 0 Å². The van der Waals surface area contributed by atoms with Gasteiger partial charge in [0, 0.05) is 5.75 Å². The molecule has 0 aliphatic rings. The van der Waals surface area contributed by atoms with E-state index < -0.39 is 0 Å². The molecule has 1 unspecified atom stereocenters. The van der Waals surface area contributed by atoms with Gasteiger partial charge in [0.15, 0.2) is 0 Å². The maximum Gasteiger partial charge on any atom is 0.241 e. The van der Waals surface area contributed by atoms with Crippen LogP contribution in [-0.4, -0.2) is 20.8 Å². The lowest BCUT2D eigenvalue weighted by Crippen LogP contribution is -2.33. The first-order valence-electron chi connectivity index (χ1n) is 5.99. The van der Waals surface area contributed by atoms with Crippen LogP contribution >= 0.6 is 11.8 Å². The van der Waals surface area contributed by atoms with E-state index in [0.29, 0.717) is 5.16 Å². The Labute approximate surface area is 120 Å². The fourth-order valence-electron chi connectivity index (χ4n) is 1.66. The molecule has 106 valence electrons. The van der Waals surface area contributed by atoms with E-state index in [1.165, 1.54) is 22.8 Å². The third-order valence-corrected chi connectivity index (χ3v) is 3.95. The van der Waals surface area contributed by atoms with Gasteiger partial charge in [-0.1, -0.05) is 36.0 Å². The maximum absolute atomic E-state index is 11.4. The van der Waals surface area contributed by atoms with Gasteiger partial charge in [-0.15, -0.1) is 10.2 Å². The first-order valence-corrected chi connectivity index (χ1v) is 6.97. The van der Waals surface area contributed by atoms with Crippen LogP contribution in [0.1, 0.15) is 24.0 Å². The first kappa shape index (κ1) is 14.4. The number of hydrazine groups is 1. The minimum Gasteiger partial charge on any atom is -0.336 e. The van der Waals surface area contributed by atoms with E-state index >= 15 is 0 Å². The van der Waals surface area contributed by atoms with Crippen LogP contribution in [0, 0.1) is 0 Å². The highest BCUT2D eigenvalue weighted by atomic mass is 32.2. The SMILES string of the molecule is CC(C(=O)NN)c1ccc(CSc2nncn2N)cc1. The number of nitrogen functional groups attached to an aromatic ring is 1. The van der Waals surface area contributed by atoms with Crippen molar-refractivity contribution in [2.24, 2.45) is 5.84 Å². The summed E-state index contributed by atoms with van der Waals surface area (Å²) >= 11 is 1.50. The number of nitrogens with one attached hydrogen (secondary N) is 1. The van der Waals surface area contributed by atoms with Crippen LogP contribution in [0.25, 0.3) is 0 Å². The largest absolute Gasteiger partial charge is 0.336 e. The fourth-order valence-corrected chi connectivity index (χ4v) is 2.45. The summed E-state index contributed by atoms with van der Waals surface area (Å²) in [7, 11) is 0. The number of rotatable bonds is 5. The van der Waals surface area contributed by atoms with E-state index in [0.717, 1.165) is 16.9 Å². The summed E-state index contributed by atoms with van der Waals surface area (Å²) in [5.74, 6) is 11.0. The van der Waals surface area contributed by atoms with Crippen LogP contribution in [0.5, 0.6) is 0 Å². The van der Waals surface area contributed by atoms with Crippen molar-refractivity contribution in [3.05, 3.63) is 41.7 Å². The molecule has 20 heavy (non-hydrogen) atoms. The summed E-state index contributed by atoms with van der Waals surface area (Å²) in [6, 6.07) is 7.78. The number of benzene rings is 1. The van der Waals surface area contributed by atoms with Gasteiger partial charge in [0.1, 0.15) is 6.33 Å². The van der Waals surface area contributed by atoms with Gasteiger partial charge in [0.05, 0.1) is 5.92 Å². The molecule has 0 fully saturated rings. The Morgan fingerprint density at radius 1 is 1.45 bits per heavy atom. The van der Waals surface area contributed by atoms with Crippen molar-refractivity contribution >= 4 is 17.7 Å². The van der Waals surface area contributed by atoms with Gasteiger partial charge in [-0.05, 0) is 18.1 Å². The monoisotopic (exact) mass is 292 g/mol. The molecule has 8 heteroatoms. The summed E-state index contributed by atoms with van der Waals surface area (Å²) in [6.45, 7) is 1.81. The van der Waals surface area contributed by atoms with E-state index in [9.17, 15) is 4.79 Å². The van der Waals surface area contributed by atoms with Gasteiger partial charge in [-0.25, -0.2) is 10.5 Å². The van der Waals surface area contributed by atoms with E-state index in [1.54, 1.807) is 0 Å². The quantitative estimate of drug-likeness (QED) is 0.318. The molecule has 5 N–H and O–H groups in total. The molecule has 0 spiro atoms. The minimum absolute atomic E-state index is 0.205. The third-order valence-electron chi connectivity index (χ3n) is 2.92. The molecule has 7 nitrogen and oxygen atoms in total. The van der Waals surface area contributed by atoms with Crippen LogP contribution in [0.15, 0.2) is 35.7 Å². The topological polar surface area (TPSA) is 112 Å². The molecule has 0 saturated heterocycles. The second-order valence-electron chi connectivity index (χ2n) is 4.28. The number of carbonyl (C=O) groups is 1. The second-order valence-corrected chi connectivity index (χ2v) is 5.22. The number of nitrogens with zero attached hydrogens (tertiary/aromatic N) is 3. The van der Waals surface area contributed by atoms with Crippen molar-refractivity contribution < 1.29 is 4.79 Å². The molecule has 0 aliphatic heterocycles. The molecule has 0 radical (unpaired) electrons. The Morgan fingerprint density at radius 2 is 2.15 bits per heavy atom. The van der Waals surface area contributed by atoms with Gasteiger partial charge in [-0.2, -0.15) is 0 Å². The van der Waals surface area contributed by atoms with Crippen LogP contribution in [-0.2, 0) is 10.5 Å². The first-order chi connectivity index (χ1) is 9.61. The lowest BCUT2D eigenvalue weighted by molar-refractivity contribution is -0.122. The molecule has 2 rings (SSSR count). The van der Waals surface area contributed by atoms with Gasteiger partial charge < -0.3 is 5.84 Å². The molecule has 0 saturated carbocycles. The van der Waals surface area contributed by atoms with Crippen LogP contribution in [0.2, 0.25) is 0 Å². The fraction of sp³-hybridized carbons (Fsp3) is 0.250. The van der Waals surface area contributed by atoms with Gasteiger partial charge in [0.25, 0.3) is 0 Å². The highest BCUT2D eigenvalue weighted by Crippen LogP contribution is 2.21. The number of amides is 1. The Balaban J connectivity index is 1.98. The van der Waals surface area contributed by atoms with Crippen molar-refractivity contribution in [1.82, 2.24) is 20.3 Å². The van der Waals surface area contributed by atoms with Crippen molar-refractivity contribution in [1.29, 1.82) is 0 Å². The van der Waals surface area contributed by atoms with Crippen molar-refractivity contribution in [2.45, 2.75) is 23.8 Å². The molecule has 1 aromatic heterocycles. The van der Waals surface area contributed by atoms with E-state index in [4.69, 9.17) is 11.7 Å². The highest BCUT2D eigenvalue weighted by molar-refractivity contribution is 7.98. The van der Waals surface area contributed by atoms with Crippen molar-refractivity contribution in [2.75, 3.05) is 5.84 Å². The Kier molecular flexibility index (Phi) is 4.59. The minimum atomic E-state index is -0.270. The zero-order valence-corrected chi connectivity index (χ0v) is 11.8. The number of aromatic nitrogens is 3. The van der Waals surface area contributed by atoms with Crippen molar-refractivity contribution in [3.8, 4) is 0 Å². The van der Waals surface area contributed by atoms with Crippen molar-refractivity contribution in [3.63, 3.8) is 0 Å². The number of hydrogen-bond donors (Lipinski definition) is 3. The van der Waals surface area contributed by atoms with Crippen LogP contribution in [0.3, 0.4) is 0 Å². The van der Waals surface area contributed by atoms with Crippen LogP contribution < -0.4 is 17.1 Å². The summed E-state index contributed by atoms with van der Waals surface area (Å²) in [5.41, 5.74) is 4.19. The number of hydrogen-bond acceptors (Lipinski definition) is 6. The molecule has 1 atom stereocenters. The summed E-state index contributed by atoms with van der Waals surface area (Å²) in [5, 5.41) is 8.26.